The Morgan fingerprint density at radius 2 is 2.14 bits per heavy atom. The number of hydrogen-bond donors (Lipinski definition) is 1. The average Bonchev–Trinajstić information content (AvgIpc) is 2.86. The van der Waals surface area contributed by atoms with Crippen molar-refractivity contribution < 1.29 is 4.79 Å². The van der Waals surface area contributed by atoms with E-state index in [0.29, 0.717) is 0 Å². The Hall–Kier alpha value is -1.36. The number of halogens is 1. The molecule has 1 aromatic carbocycles. The number of amides is 1. The number of thiophene rings is 1. The van der Waals surface area contributed by atoms with Gasteiger partial charge in [-0.15, -0.1) is 23.7 Å². The minimum Gasteiger partial charge on any atom is -0.311 e. The quantitative estimate of drug-likeness (QED) is 0.918. The number of benzene rings is 1. The standard InChI is InChI=1S/C16H18N2OS.ClH/c1-2-12-7-10-20-15(12)16(19)18-9-8-17-11-13-5-3-4-6-14(13)18;/h3-7,10,17H,2,8-9,11H2,1H3;1H. The second-order valence-electron chi connectivity index (χ2n) is 4.89. The van der Waals surface area contributed by atoms with Gasteiger partial charge < -0.3 is 10.2 Å². The predicted molar refractivity (Wildman–Crippen MR) is 90.8 cm³/mol. The predicted octanol–water partition coefficient (Wildman–Crippen LogP) is 3.48. The van der Waals surface area contributed by atoms with Crippen molar-refractivity contribution in [1.29, 1.82) is 0 Å². The van der Waals surface area contributed by atoms with Crippen molar-refractivity contribution in [2.45, 2.75) is 19.9 Å². The van der Waals surface area contributed by atoms with Crippen LogP contribution in [0.1, 0.15) is 27.7 Å². The molecule has 1 aliphatic heterocycles. The van der Waals surface area contributed by atoms with Crippen molar-refractivity contribution in [2.75, 3.05) is 18.0 Å². The second-order valence-corrected chi connectivity index (χ2v) is 5.81. The summed E-state index contributed by atoms with van der Waals surface area (Å²) in [7, 11) is 0. The van der Waals surface area contributed by atoms with Gasteiger partial charge in [-0.05, 0) is 35.1 Å². The third-order valence-corrected chi connectivity index (χ3v) is 4.62. The molecule has 21 heavy (non-hydrogen) atoms. The molecule has 0 spiro atoms. The number of carbonyl (C=O) groups is 1. The molecular formula is C16H19ClN2OS. The second kappa shape index (κ2) is 7.07. The summed E-state index contributed by atoms with van der Waals surface area (Å²) in [5, 5.41) is 5.38. The first-order valence-electron chi connectivity index (χ1n) is 6.98. The van der Waals surface area contributed by atoms with Crippen LogP contribution in [-0.4, -0.2) is 19.0 Å². The van der Waals surface area contributed by atoms with E-state index in [1.807, 2.05) is 28.5 Å². The number of nitrogens with one attached hydrogen (secondary N) is 1. The summed E-state index contributed by atoms with van der Waals surface area (Å²) in [5.74, 6) is 0.132. The van der Waals surface area contributed by atoms with Crippen LogP contribution in [0.4, 0.5) is 5.69 Å². The van der Waals surface area contributed by atoms with Crippen molar-refractivity contribution >= 4 is 35.3 Å². The Morgan fingerprint density at radius 3 is 2.95 bits per heavy atom. The molecule has 0 aliphatic carbocycles. The molecule has 0 fully saturated rings. The highest BCUT2D eigenvalue weighted by atomic mass is 35.5. The zero-order chi connectivity index (χ0) is 13.9. The van der Waals surface area contributed by atoms with E-state index in [-0.39, 0.29) is 18.3 Å². The number of anilines is 1. The molecule has 3 rings (SSSR count). The Labute approximate surface area is 135 Å². The maximum Gasteiger partial charge on any atom is 0.268 e. The lowest BCUT2D eigenvalue weighted by molar-refractivity contribution is 0.0990. The molecule has 5 heteroatoms. The minimum absolute atomic E-state index is 0. The largest absolute Gasteiger partial charge is 0.311 e. The lowest BCUT2D eigenvalue weighted by Gasteiger charge is -2.22. The summed E-state index contributed by atoms with van der Waals surface area (Å²) in [6.07, 6.45) is 0.901. The number of para-hydroxylation sites is 1. The smallest absolute Gasteiger partial charge is 0.268 e. The molecule has 1 aromatic heterocycles. The van der Waals surface area contributed by atoms with Gasteiger partial charge in [-0.3, -0.25) is 4.79 Å². The fraction of sp³-hybridized carbons (Fsp3) is 0.312. The van der Waals surface area contributed by atoms with Crippen molar-refractivity contribution in [3.05, 3.63) is 51.7 Å². The van der Waals surface area contributed by atoms with E-state index < -0.39 is 0 Å². The fourth-order valence-electron chi connectivity index (χ4n) is 2.59. The van der Waals surface area contributed by atoms with Gasteiger partial charge in [-0.25, -0.2) is 0 Å². The highest BCUT2D eigenvalue weighted by Gasteiger charge is 2.24. The van der Waals surface area contributed by atoms with Gasteiger partial charge in [0, 0.05) is 25.3 Å². The molecule has 1 N–H and O–H groups in total. The summed E-state index contributed by atoms with van der Waals surface area (Å²) in [6, 6.07) is 10.2. The molecule has 0 radical (unpaired) electrons. The zero-order valence-electron chi connectivity index (χ0n) is 12.0. The Bertz CT molecular complexity index is 626. The molecule has 2 heterocycles. The Kier molecular flexibility index (Phi) is 5.39. The van der Waals surface area contributed by atoms with E-state index in [9.17, 15) is 4.79 Å². The summed E-state index contributed by atoms with van der Waals surface area (Å²) in [4.78, 5) is 15.7. The molecule has 3 nitrogen and oxygen atoms in total. The highest BCUT2D eigenvalue weighted by Crippen LogP contribution is 2.27. The topological polar surface area (TPSA) is 32.3 Å². The SMILES string of the molecule is CCc1ccsc1C(=O)N1CCNCc2ccccc21.Cl. The van der Waals surface area contributed by atoms with Crippen LogP contribution in [0.3, 0.4) is 0 Å². The van der Waals surface area contributed by atoms with Crippen LogP contribution in [0.5, 0.6) is 0 Å². The molecule has 2 aromatic rings. The summed E-state index contributed by atoms with van der Waals surface area (Å²) in [5.41, 5.74) is 3.38. The van der Waals surface area contributed by atoms with Crippen LogP contribution in [0.25, 0.3) is 0 Å². The third-order valence-electron chi connectivity index (χ3n) is 3.68. The Morgan fingerprint density at radius 1 is 1.33 bits per heavy atom. The molecular weight excluding hydrogens is 304 g/mol. The number of rotatable bonds is 2. The maximum absolute atomic E-state index is 12.9. The van der Waals surface area contributed by atoms with Gasteiger partial charge in [0.1, 0.15) is 0 Å². The Balaban J connectivity index is 0.00000161. The zero-order valence-corrected chi connectivity index (χ0v) is 13.6. The minimum atomic E-state index is 0. The molecule has 0 saturated heterocycles. The van der Waals surface area contributed by atoms with Crippen molar-refractivity contribution in [1.82, 2.24) is 5.32 Å². The van der Waals surface area contributed by atoms with Crippen molar-refractivity contribution in [2.24, 2.45) is 0 Å². The van der Waals surface area contributed by atoms with Crippen LogP contribution >= 0.6 is 23.7 Å². The number of hydrogen-bond acceptors (Lipinski definition) is 3. The molecule has 1 aliphatic rings. The van der Waals surface area contributed by atoms with E-state index in [1.54, 1.807) is 11.3 Å². The third kappa shape index (κ3) is 3.12. The molecule has 0 bridgehead atoms. The van der Waals surface area contributed by atoms with Crippen molar-refractivity contribution in [3.63, 3.8) is 0 Å². The van der Waals surface area contributed by atoms with Gasteiger partial charge in [-0.2, -0.15) is 0 Å². The summed E-state index contributed by atoms with van der Waals surface area (Å²) < 4.78 is 0. The normalized spacial score (nSPS) is 14.0. The van der Waals surface area contributed by atoms with E-state index in [0.717, 1.165) is 42.2 Å². The van der Waals surface area contributed by atoms with Crippen LogP contribution in [-0.2, 0) is 13.0 Å². The van der Waals surface area contributed by atoms with E-state index in [1.165, 1.54) is 5.56 Å². The lowest BCUT2D eigenvalue weighted by atomic mass is 10.1. The van der Waals surface area contributed by atoms with Gasteiger partial charge >= 0.3 is 0 Å². The van der Waals surface area contributed by atoms with Gasteiger partial charge in [0.25, 0.3) is 5.91 Å². The van der Waals surface area contributed by atoms with Crippen LogP contribution in [0, 0.1) is 0 Å². The van der Waals surface area contributed by atoms with E-state index in [2.05, 4.69) is 24.4 Å². The first kappa shape index (κ1) is 16.0. The molecule has 0 atom stereocenters. The van der Waals surface area contributed by atoms with Crippen LogP contribution in [0.2, 0.25) is 0 Å². The van der Waals surface area contributed by atoms with Gasteiger partial charge in [-0.1, -0.05) is 25.1 Å². The fourth-order valence-corrected chi connectivity index (χ4v) is 3.54. The van der Waals surface area contributed by atoms with Crippen LogP contribution < -0.4 is 10.2 Å². The average molecular weight is 323 g/mol. The lowest BCUT2D eigenvalue weighted by Crippen LogP contribution is -2.34. The number of aryl methyl sites for hydroxylation is 1. The first-order chi connectivity index (χ1) is 9.81. The van der Waals surface area contributed by atoms with Gasteiger partial charge in [0.05, 0.1) is 4.88 Å². The maximum atomic E-state index is 12.9. The summed E-state index contributed by atoms with van der Waals surface area (Å²) >= 11 is 1.55. The number of fused-ring (bicyclic) bond motifs is 1. The molecule has 112 valence electrons. The molecule has 0 unspecified atom stereocenters. The van der Waals surface area contributed by atoms with Gasteiger partial charge in [0.15, 0.2) is 0 Å². The monoisotopic (exact) mass is 322 g/mol. The molecule has 1 amide bonds. The van der Waals surface area contributed by atoms with Crippen molar-refractivity contribution in [3.8, 4) is 0 Å². The molecule has 0 saturated carbocycles. The summed E-state index contributed by atoms with van der Waals surface area (Å²) in [6.45, 7) is 4.46. The van der Waals surface area contributed by atoms with E-state index >= 15 is 0 Å². The van der Waals surface area contributed by atoms with Crippen LogP contribution in [0.15, 0.2) is 35.7 Å². The highest BCUT2D eigenvalue weighted by molar-refractivity contribution is 7.12. The number of carbonyl (C=O) groups excluding carboxylic acids is 1. The number of nitrogens with zero attached hydrogens (tertiary/aromatic N) is 1. The van der Waals surface area contributed by atoms with E-state index in [4.69, 9.17) is 0 Å². The first-order valence-corrected chi connectivity index (χ1v) is 7.86. The van der Waals surface area contributed by atoms with Gasteiger partial charge in [0.2, 0.25) is 0 Å².